The van der Waals surface area contributed by atoms with Gasteiger partial charge in [0.05, 0.1) is 16.0 Å². The van der Waals surface area contributed by atoms with Gasteiger partial charge in [0.1, 0.15) is 12.1 Å². The third-order valence-electron chi connectivity index (χ3n) is 2.33. The Morgan fingerprint density at radius 3 is 2.53 bits per heavy atom. The molecule has 0 spiro atoms. The van der Waals surface area contributed by atoms with E-state index in [1.54, 1.807) is 17.5 Å². The van der Waals surface area contributed by atoms with Gasteiger partial charge in [0, 0.05) is 16.0 Å². The minimum atomic E-state index is -0.265. The standard InChI is InChI=1S/C13H7N3OS2/c14-5-8-1-2-10(3-9(8)6-15)16-13(17)12-4-11(18)7-19-12/h1-4,7,18H,(H,16,17). The van der Waals surface area contributed by atoms with Gasteiger partial charge < -0.3 is 5.32 Å². The van der Waals surface area contributed by atoms with E-state index in [0.29, 0.717) is 10.6 Å². The zero-order valence-corrected chi connectivity index (χ0v) is 11.3. The number of thiophene rings is 1. The number of nitriles is 2. The summed E-state index contributed by atoms with van der Waals surface area (Å²) in [7, 11) is 0. The highest BCUT2D eigenvalue weighted by Crippen LogP contribution is 2.20. The van der Waals surface area contributed by atoms with Crippen LogP contribution in [0.5, 0.6) is 0 Å². The van der Waals surface area contributed by atoms with Crippen molar-refractivity contribution in [2.75, 3.05) is 5.32 Å². The van der Waals surface area contributed by atoms with Crippen LogP contribution in [0.3, 0.4) is 0 Å². The molecule has 1 aromatic heterocycles. The molecule has 0 aliphatic rings. The predicted molar refractivity (Wildman–Crippen MR) is 75.4 cm³/mol. The zero-order chi connectivity index (χ0) is 13.8. The molecule has 92 valence electrons. The molecule has 0 radical (unpaired) electrons. The first-order valence-corrected chi connectivity index (χ1v) is 6.50. The van der Waals surface area contributed by atoms with E-state index in [0.717, 1.165) is 4.90 Å². The minimum absolute atomic E-state index is 0.237. The Morgan fingerprint density at radius 2 is 1.95 bits per heavy atom. The van der Waals surface area contributed by atoms with Crippen LogP contribution in [0.15, 0.2) is 34.5 Å². The molecule has 4 nitrogen and oxygen atoms in total. The molecule has 2 aromatic rings. The number of hydrogen-bond acceptors (Lipinski definition) is 5. The summed E-state index contributed by atoms with van der Waals surface area (Å²) in [5.74, 6) is -0.265. The summed E-state index contributed by atoms with van der Waals surface area (Å²) in [5, 5.41) is 22.2. The third-order valence-corrected chi connectivity index (χ3v) is 3.69. The number of nitrogens with one attached hydrogen (secondary N) is 1. The van der Waals surface area contributed by atoms with Crippen molar-refractivity contribution >= 4 is 35.6 Å². The molecule has 19 heavy (non-hydrogen) atoms. The molecule has 1 heterocycles. The van der Waals surface area contributed by atoms with Crippen molar-refractivity contribution in [3.63, 3.8) is 0 Å². The fourth-order valence-corrected chi connectivity index (χ4v) is 2.49. The van der Waals surface area contributed by atoms with Crippen LogP contribution in [0.1, 0.15) is 20.8 Å². The quantitative estimate of drug-likeness (QED) is 0.833. The topological polar surface area (TPSA) is 76.7 Å². The SMILES string of the molecule is N#Cc1ccc(NC(=O)c2cc(S)cs2)cc1C#N. The molecule has 1 amide bonds. The smallest absolute Gasteiger partial charge is 0.265 e. The third kappa shape index (κ3) is 2.94. The molecule has 0 aliphatic carbocycles. The fraction of sp³-hybridized carbons (Fsp3) is 0. The highest BCUT2D eigenvalue weighted by Gasteiger charge is 2.10. The van der Waals surface area contributed by atoms with Crippen molar-refractivity contribution in [3.05, 3.63) is 45.6 Å². The lowest BCUT2D eigenvalue weighted by Crippen LogP contribution is -2.10. The second-order valence-electron chi connectivity index (χ2n) is 3.61. The number of anilines is 1. The maximum Gasteiger partial charge on any atom is 0.265 e. The van der Waals surface area contributed by atoms with Crippen LogP contribution < -0.4 is 5.32 Å². The van der Waals surface area contributed by atoms with Crippen molar-refractivity contribution in [3.8, 4) is 12.1 Å². The van der Waals surface area contributed by atoms with Crippen LogP contribution in [-0.4, -0.2) is 5.91 Å². The number of thiol groups is 1. The first kappa shape index (κ1) is 13.2. The highest BCUT2D eigenvalue weighted by molar-refractivity contribution is 7.80. The van der Waals surface area contributed by atoms with Gasteiger partial charge in [-0.15, -0.1) is 24.0 Å². The summed E-state index contributed by atoms with van der Waals surface area (Å²) in [6.45, 7) is 0. The van der Waals surface area contributed by atoms with Gasteiger partial charge in [-0.25, -0.2) is 0 Å². The highest BCUT2D eigenvalue weighted by atomic mass is 32.1. The van der Waals surface area contributed by atoms with Crippen LogP contribution in [0.2, 0.25) is 0 Å². The second-order valence-corrected chi connectivity index (χ2v) is 5.03. The number of carbonyl (C=O) groups excluding carboxylic acids is 1. The fourth-order valence-electron chi connectivity index (χ4n) is 1.45. The number of benzene rings is 1. The number of carbonyl (C=O) groups is 1. The van der Waals surface area contributed by atoms with Crippen molar-refractivity contribution in [1.29, 1.82) is 10.5 Å². The Kier molecular flexibility index (Phi) is 3.86. The molecule has 1 N–H and O–H groups in total. The van der Waals surface area contributed by atoms with E-state index in [1.807, 2.05) is 12.1 Å². The molecule has 0 atom stereocenters. The lowest BCUT2D eigenvalue weighted by Gasteiger charge is -2.04. The summed E-state index contributed by atoms with van der Waals surface area (Å²) in [4.78, 5) is 13.2. The minimum Gasteiger partial charge on any atom is -0.321 e. The summed E-state index contributed by atoms with van der Waals surface area (Å²) in [5.41, 5.74) is 1.00. The van der Waals surface area contributed by atoms with Crippen molar-refractivity contribution in [2.45, 2.75) is 4.90 Å². The summed E-state index contributed by atoms with van der Waals surface area (Å²) in [6.07, 6.45) is 0. The molecular weight excluding hydrogens is 278 g/mol. The van der Waals surface area contributed by atoms with Gasteiger partial charge in [-0.2, -0.15) is 10.5 Å². The monoisotopic (exact) mass is 285 g/mol. The molecule has 0 bridgehead atoms. The molecule has 0 fully saturated rings. The molecule has 0 saturated carbocycles. The van der Waals surface area contributed by atoms with Gasteiger partial charge in [0.25, 0.3) is 5.91 Å². The molecule has 1 aromatic carbocycles. The van der Waals surface area contributed by atoms with Gasteiger partial charge in [0.15, 0.2) is 0 Å². The van der Waals surface area contributed by atoms with Gasteiger partial charge in [-0.1, -0.05) is 0 Å². The van der Waals surface area contributed by atoms with E-state index in [-0.39, 0.29) is 17.0 Å². The maximum atomic E-state index is 11.9. The molecule has 2 rings (SSSR count). The van der Waals surface area contributed by atoms with E-state index in [9.17, 15) is 4.79 Å². The maximum absolute atomic E-state index is 11.9. The van der Waals surface area contributed by atoms with Crippen LogP contribution in [-0.2, 0) is 0 Å². The Labute approximate surface area is 119 Å². The van der Waals surface area contributed by atoms with Crippen LogP contribution in [0, 0.1) is 22.7 Å². The number of hydrogen-bond donors (Lipinski definition) is 2. The van der Waals surface area contributed by atoms with Gasteiger partial charge in [-0.3, -0.25) is 4.79 Å². The Hall–Kier alpha value is -2.28. The van der Waals surface area contributed by atoms with E-state index in [1.165, 1.54) is 23.5 Å². The zero-order valence-electron chi connectivity index (χ0n) is 9.54. The second kappa shape index (κ2) is 5.57. The van der Waals surface area contributed by atoms with Crippen molar-refractivity contribution in [1.82, 2.24) is 0 Å². The number of amides is 1. The van der Waals surface area contributed by atoms with Gasteiger partial charge >= 0.3 is 0 Å². The van der Waals surface area contributed by atoms with Crippen molar-refractivity contribution < 1.29 is 4.79 Å². The normalized spacial score (nSPS) is 9.42. The molecular formula is C13H7N3OS2. The molecule has 0 aliphatic heterocycles. The van der Waals surface area contributed by atoms with E-state index in [2.05, 4.69) is 17.9 Å². The Bertz CT molecular complexity index is 722. The Balaban J connectivity index is 2.23. The summed E-state index contributed by atoms with van der Waals surface area (Å²) < 4.78 is 0. The average molecular weight is 285 g/mol. The van der Waals surface area contributed by atoms with Crippen LogP contribution in [0.25, 0.3) is 0 Å². The number of rotatable bonds is 2. The lowest BCUT2D eigenvalue weighted by atomic mass is 10.1. The van der Waals surface area contributed by atoms with Crippen LogP contribution >= 0.6 is 24.0 Å². The van der Waals surface area contributed by atoms with E-state index >= 15 is 0 Å². The summed E-state index contributed by atoms with van der Waals surface area (Å²) >= 11 is 5.42. The van der Waals surface area contributed by atoms with Crippen molar-refractivity contribution in [2.24, 2.45) is 0 Å². The molecule has 0 saturated heterocycles. The lowest BCUT2D eigenvalue weighted by molar-refractivity contribution is 0.103. The summed E-state index contributed by atoms with van der Waals surface area (Å²) in [6, 6.07) is 10.1. The average Bonchev–Trinajstić information content (AvgIpc) is 2.85. The first-order chi connectivity index (χ1) is 9.13. The van der Waals surface area contributed by atoms with Gasteiger partial charge in [-0.05, 0) is 24.3 Å². The van der Waals surface area contributed by atoms with E-state index in [4.69, 9.17) is 10.5 Å². The first-order valence-electron chi connectivity index (χ1n) is 5.17. The molecule has 0 unspecified atom stereocenters. The van der Waals surface area contributed by atoms with E-state index < -0.39 is 0 Å². The predicted octanol–water partition coefficient (Wildman–Crippen LogP) is 3.03. The largest absolute Gasteiger partial charge is 0.321 e. The number of nitrogens with zero attached hydrogens (tertiary/aromatic N) is 2. The van der Waals surface area contributed by atoms with Gasteiger partial charge in [0.2, 0.25) is 0 Å². The Morgan fingerprint density at radius 1 is 1.21 bits per heavy atom. The molecule has 6 heteroatoms. The van der Waals surface area contributed by atoms with Crippen LogP contribution in [0.4, 0.5) is 5.69 Å².